The number of halogens is 2. The molecule has 0 aliphatic rings. The Labute approximate surface area is 129 Å². The average Bonchev–Trinajstić information content (AvgIpc) is 2.97. The van der Waals surface area contributed by atoms with Gasteiger partial charge in [0.2, 0.25) is 5.91 Å². The highest BCUT2D eigenvalue weighted by Gasteiger charge is 2.11. The predicted octanol–water partition coefficient (Wildman–Crippen LogP) is 2.68. The van der Waals surface area contributed by atoms with Gasteiger partial charge in [0.25, 0.3) is 0 Å². The zero-order valence-corrected chi connectivity index (χ0v) is 12.1. The molecule has 0 aliphatic carbocycles. The molecular weight excluding hydrogens is 314 g/mol. The summed E-state index contributed by atoms with van der Waals surface area (Å²) in [5.74, 6) is -1.66. The lowest BCUT2D eigenvalue weighted by Gasteiger charge is -2.06. The summed E-state index contributed by atoms with van der Waals surface area (Å²) in [7, 11) is 0. The number of carbonyl (C=O) groups excluding carboxylic acids is 2. The second kappa shape index (κ2) is 7.60. The number of furan rings is 1. The molecule has 0 spiro atoms. The lowest BCUT2D eigenvalue weighted by atomic mass is 10.3. The van der Waals surface area contributed by atoms with Crippen molar-refractivity contribution in [2.24, 2.45) is 0 Å². The van der Waals surface area contributed by atoms with Crippen molar-refractivity contribution in [3.8, 4) is 0 Å². The highest BCUT2D eigenvalue weighted by atomic mass is 32.2. The molecule has 8 heteroatoms. The Morgan fingerprint density at radius 3 is 2.73 bits per heavy atom. The van der Waals surface area contributed by atoms with Crippen molar-refractivity contribution < 1.29 is 22.8 Å². The molecule has 1 heterocycles. The van der Waals surface area contributed by atoms with Gasteiger partial charge in [-0.15, -0.1) is 11.8 Å². The lowest BCUT2D eigenvalue weighted by Crippen LogP contribution is -2.39. The van der Waals surface area contributed by atoms with Crippen LogP contribution in [0.25, 0.3) is 0 Å². The van der Waals surface area contributed by atoms with Gasteiger partial charge in [0.15, 0.2) is 0 Å². The Bertz CT molecular complexity index is 662. The quantitative estimate of drug-likeness (QED) is 0.829. The molecule has 22 heavy (non-hydrogen) atoms. The number of amides is 3. The minimum absolute atomic E-state index is 0.132. The number of carbonyl (C=O) groups is 2. The average molecular weight is 326 g/mol. The first-order valence-corrected chi connectivity index (χ1v) is 7.21. The smallest absolute Gasteiger partial charge is 0.321 e. The van der Waals surface area contributed by atoms with Crippen LogP contribution in [0.3, 0.4) is 0 Å². The molecule has 0 aliphatic heterocycles. The third-order valence-electron chi connectivity index (χ3n) is 2.51. The zero-order valence-electron chi connectivity index (χ0n) is 11.3. The molecule has 2 N–H and O–H groups in total. The van der Waals surface area contributed by atoms with E-state index in [1.165, 1.54) is 12.3 Å². The van der Waals surface area contributed by atoms with Gasteiger partial charge in [-0.3, -0.25) is 10.1 Å². The summed E-state index contributed by atoms with van der Waals surface area (Å²) in [6.45, 7) is 0.145. The van der Waals surface area contributed by atoms with Crippen molar-refractivity contribution in [2.45, 2.75) is 11.4 Å². The van der Waals surface area contributed by atoms with Gasteiger partial charge in [0.1, 0.15) is 17.4 Å². The van der Waals surface area contributed by atoms with Gasteiger partial charge in [0, 0.05) is 11.0 Å². The van der Waals surface area contributed by atoms with Gasteiger partial charge in [-0.25, -0.2) is 13.6 Å². The summed E-state index contributed by atoms with van der Waals surface area (Å²) < 4.78 is 31.1. The molecule has 2 aromatic rings. The van der Waals surface area contributed by atoms with E-state index in [1.54, 1.807) is 12.1 Å². The van der Waals surface area contributed by atoms with E-state index >= 15 is 0 Å². The largest absolute Gasteiger partial charge is 0.467 e. The molecule has 3 amide bonds. The number of hydrogen-bond acceptors (Lipinski definition) is 4. The van der Waals surface area contributed by atoms with Crippen molar-refractivity contribution in [1.82, 2.24) is 10.6 Å². The van der Waals surface area contributed by atoms with E-state index in [-0.39, 0.29) is 17.2 Å². The standard InChI is InChI=1S/C14H12F2N2O3S/c15-9-3-4-12(11(16)6-9)22-8-13(19)18-14(20)17-7-10-2-1-5-21-10/h1-6H,7-8H2,(H2,17,18,19,20). The predicted molar refractivity (Wildman–Crippen MR) is 76.2 cm³/mol. The van der Waals surface area contributed by atoms with Gasteiger partial charge in [-0.05, 0) is 24.3 Å². The highest BCUT2D eigenvalue weighted by Crippen LogP contribution is 2.21. The number of benzene rings is 1. The molecule has 0 saturated heterocycles. The Kier molecular flexibility index (Phi) is 5.54. The number of hydrogen-bond donors (Lipinski definition) is 2. The summed E-state index contributed by atoms with van der Waals surface area (Å²) in [5.41, 5.74) is 0. The fourth-order valence-electron chi connectivity index (χ4n) is 1.52. The normalized spacial score (nSPS) is 10.3. The number of thioether (sulfide) groups is 1. The maximum atomic E-state index is 13.4. The monoisotopic (exact) mass is 326 g/mol. The fraction of sp³-hybridized carbons (Fsp3) is 0.143. The minimum Gasteiger partial charge on any atom is -0.467 e. The Morgan fingerprint density at radius 1 is 1.23 bits per heavy atom. The summed E-state index contributed by atoms with van der Waals surface area (Å²) in [5, 5.41) is 4.53. The van der Waals surface area contributed by atoms with Gasteiger partial charge in [-0.2, -0.15) is 0 Å². The number of nitrogens with one attached hydrogen (secondary N) is 2. The molecule has 1 aromatic heterocycles. The summed E-state index contributed by atoms with van der Waals surface area (Å²) in [6, 6.07) is 5.74. The molecule has 0 radical (unpaired) electrons. The van der Waals surface area contributed by atoms with E-state index in [0.717, 1.165) is 23.9 Å². The first kappa shape index (κ1) is 16.0. The fourth-order valence-corrected chi connectivity index (χ4v) is 2.24. The second-order valence-corrected chi connectivity index (χ2v) is 5.19. The van der Waals surface area contributed by atoms with Crippen LogP contribution in [0.2, 0.25) is 0 Å². The summed E-state index contributed by atoms with van der Waals surface area (Å²) >= 11 is 0.869. The van der Waals surface area contributed by atoms with E-state index in [4.69, 9.17) is 4.42 Å². The van der Waals surface area contributed by atoms with Gasteiger partial charge < -0.3 is 9.73 Å². The van der Waals surface area contributed by atoms with Crippen molar-refractivity contribution in [2.75, 3.05) is 5.75 Å². The van der Waals surface area contributed by atoms with Crippen LogP contribution >= 0.6 is 11.8 Å². The van der Waals surface area contributed by atoms with Crippen molar-refractivity contribution in [1.29, 1.82) is 0 Å². The van der Waals surface area contributed by atoms with Crippen LogP contribution in [0.1, 0.15) is 5.76 Å². The van der Waals surface area contributed by atoms with Gasteiger partial charge in [-0.1, -0.05) is 0 Å². The Hall–Kier alpha value is -2.35. The minimum atomic E-state index is -0.750. The van der Waals surface area contributed by atoms with Crippen LogP contribution in [0.5, 0.6) is 0 Å². The molecule has 5 nitrogen and oxygen atoms in total. The molecule has 1 aromatic carbocycles. The van der Waals surface area contributed by atoms with E-state index < -0.39 is 23.6 Å². The molecule has 0 saturated carbocycles. The molecule has 0 bridgehead atoms. The maximum Gasteiger partial charge on any atom is 0.321 e. The SMILES string of the molecule is O=C(CSc1ccc(F)cc1F)NC(=O)NCc1ccco1. The Morgan fingerprint density at radius 2 is 2.05 bits per heavy atom. The second-order valence-electron chi connectivity index (χ2n) is 4.17. The molecule has 0 fully saturated rings. The highest BCUT2D eigenvalue weighted by molar-refractivity contribution is 8.00. The first-order valence-electron chi connectivity index (χ1n) is 6.22. The number of imide groups is 1. The van der Waals surface area contributed by atoms with Crippen LogP contribution in [-0.2, 0) is 11.3 Å². The molecule has 0 atom stereocenters. The first-order chi connectivity index (χ1) is 10.5. The van der Waals surface area contributed by atoms with Gasteiger partial charge >= 0.3 is 6.03 Å². The number of rotatable bonds is 5. The van der Waals surface area contributed by atoms with Crippen LogP contribution in [-0.4, -0.2) is 17.7 Å². The van der Waals surface area contributed by atoms with E-state index in [0.29, 0.717) is 5.76 Å². The summed E-state index contributed by atoms with van der Waals surface area (Å²) in [6.07, 6.45) is 1.47. The molecule has 116 valence electrons. The Balaban J connectivity index is 1.74. The van der Waals surface area contributed by atoms with Crippen LogP contribution < -0.4 is 10.6 Å². The van der Waals surface area contributed by atoms with E-state index in [2.05, 4.69) is 10.6 Å². The number of urea groups is 1. The lowest BCUT2D eigenvalue weighted by molar-refractivity contribution is -0.117. The molecular formula is C14H12F2N2O3S. The van der Waals surface area contributed by atoms with Crippen LogP contribution in [0.15, 0.2) is 45.9 Å². The molecule has 2 rings (SSSR count). The topological polar surface area (TPSA) is 71.3 Å². The molecule has 0 unspecified atom stereocenters. The third kappa shape index (κ3) is 4.88. The zero-order chi connectivity index (χ0) is 15.9. The van der Waals surface area contributed by atoms with Crippen molar-refractivity contribution in [3.05, 3.63) is 54.0 Å². The van der Waals surface area contributed by atoms with Crippen molar-refractivity contribution in [3.63, 3.8) is 0 Å². The van der Waals surface area contributed by atoms with Crippen LogP contribution in [0, 0.1) is 11.6 Å². The van der Waals surface area contributed by atoms with Crippen molar-refractivity contribution >= 4 is 23.7 Å². The van der Waals surface area contributed by atoms with E-state index in [1.807, 2.05) is 0 Å². The summed E-state index contributed by atoms with van der Waals surface area (Å²) in [4.78, 5) is 23.1. The van der Waals surface area contributed by atoms with Gasteiger partial charge in [0.05, 0.1) is 18.6 Å². The van der Waals surface area contributed by atoms with E-state index in [9.17, 15) is 18.4 Å². The third-order valence-corrected chi connectivity index (χ3v) is 3.56. The van der Waals surface area contributed by atoms with Crippen LogP contribution in [0.4, 0.5) is 13.6 Å². The maximum absolute atomic E-state index is 13.4.